The van der Waals surface area contributed by atoms with Crippen LogP contribution in [0.4, 0.5) is 5.13 Å². The molecule has 0 spiro atoms. The van der Waals surface area contributed by atoms with Crippen LogP contribution in [0.3, 0.4) is 0 Å². The van der Waals surface area contributed by atoms with E-state index in [9.17, 15) is 8.42 Å². The third-order valence-electron chi connectivity index (χ3n) is 2.48. The maximum absolute atomic E-state index is 12.1. The quantitative estimate of drug-likeness (QED) is 0.761. The van der Waals surface area contributed by atoms with E-state index in [1.807, 2.05) is 6.92 Å². The number of nitrogens with zero attached hydrogens (tertiary/aromatic N) is 2. The molecule has 0 radical (unpaired) electrons. The zero-order valence-corrected chi connectivity index (χ0v) is 14.4. The smallest absolute Gasteiger partial charge is 0.206 e. The highest BCUT2D eigenvalue weighted by atomic mass is 35.5. The van der Waals surface area contributed by atoms with Crippen LogP contribution in [-0.2, 0) is 9.84 Å². The highest BCUT2D eigenvalue weighted by Crippen LogP contribution is 2.26. The van der Waals surface area contributed by atoms with Crippen LogP contribution in [0.25, 0.3) is 0 Å². The minimum atomic E-state index is -3.29. The SMILES string of the molecule is CCNc1nnc(SCCS(=O)(=O)c2ccc(Cl)cc2)s1. The molecule has 0 amide bonds. The molecule has 1 heterocycles. The molecule has 0 aliphatic carbocycles. The van der Waals surface area contributed by atoms with Crippen molar-refractivity contribution >= 4 is 49.7 Å². The molecule has 1 aromatic carbocycles. The van der Waals surface area contributed by atoms with Gasteiger partial charge in [0.25, 0.3) is 0 Å². The van der Waals surface area contributed by atoms with Gasteiger partial charge >= 0.3 is 0 Å². The number of sulfone groups is 1. The Morgan fingerprint density at radius 1 is 1.29 bits per heavy atom. The Labute approximate surface area is 137 Å². The molecular weight excluding hydrogens is 350 g/mol. The molecule has 2 rings (SSSR count). The zero-order chi connectivity index (χ0) is 15.3. The van der Waals surface area contributed by atoms with Crippen molar-refractivity contribution in [1.29, 1.82) is 0 Å². The van der Waals surface area contributed by atoms with E-state index in [0.29, 0.717) is 10.8 Å². The Hall–Kier alpha value is -0.830. The molecule has 0 saturated carbocycles. The van der Waals surface area contributed by atoms with Gasteiger partial charge in [0.1, 0.15) is 0 Å². The lowest BCUT2D eigenvalue weighted by molar-refractivity contribution is 0.597. The van der Waals surface area contributed by atoms with Gasteiger partial charge in [-0.25, -0.2) is 8.42 Å². The van der Waals surface area contributed by atoms with Gasteiger partial charge in [0.2, 0.25) is 5.13 Å². The molecular formula is C12H14ClN3O2S3. The summed E-state index contributed by atoms with van der Waals surface area (Å²) < 4.78 is 25.0. The lowest BCUT2D eigenvalue weighted by atomic mass is 10.4. The molecule has 0 atom stereocenters. The van der Waals surface area contributed by atoms with E-state index < -0.39 is 9.84 Å². The number of hydrogen-bond acceptors (Lipinski definition) is 7. The molecule has 0 fully saturated rings. The number of thioether (sulfide) groups is 1. The van der Waals surface area contributed by atoms with Crippen LogP contribution >= 0.6 is 34.7 Å². The third-order valence-corrected chi connectivity index (χ3v) is 6.74. The van der Waals surface area contributed by atoms with Crippen LogP contribution in [-0.4, -0.2) is 36.7 Å². The molecule has 2 aromatic rings. The van der Waals surface area contributed by atoms with Gasteiger partial charge in [-0.2, -0.15) is 0 Å². The number of halogens is 1. The second kappa shape index (κ2) is 7.44. The Morgan fingerprint density at radius 3 is 2.67 bits per heavy atom. The third kappa shape index (κ3) is 4.84. The van der Waals surface area contributed by atoms with E-state index in [4.69, 9.17) is 11.6 Å². The monoisotopic (exact) mass is 363 g/mol. The Bertz CT molecular complexity index is 686. The molecule has 0 saturated heterocycles. The first-order chi connectivity index (χ1) is 10.0. The van der Waals surface area contributed by atoms with Gasteiger partial charge in [0, 0.05) is 17.3 Å². The van der Waals surface area contributed by atoms with Gasteiger partial charge in [0.15, 0.2) is 14.2 Å². The first kappa shape index (κ1) is 16.5. The van der Waals surface area contributed by atoms with Crippen LogP contribution < -0.4 is 5.32 Å². The van der Waals surface area contributed by atoms with Crippen molar-refractivity contribution in [3.05, 3.63) is 29.3 Å². The predicted molar refractivity (Wildman–Crippen MR) is 88.3 cm³/mol. The van der Waals surface area contributed by atoms with Crippen molar-refractivity contribution in [3.8, 4) is 0 Å². The van der Waals surface area contributed by atoms with Crippen LogP contribution in [0.5, 0.6) is 0 Å². The van der Waals surface area contributed by atoms with Crippen molar-refractivity contribution in [3.63, 3.8) is 0 Å². The Balaban J connectivity index is 1.91. The number of anilines is 1. The number of benzene rings is 1. The van der Waals surface area contributed by atoms with E-state index in [-0.39, 0.29) is 10.6 Å². The van der Waals surface area contributed by atoms with Gasteiger partial charge in [-0.05, 0) is 31.2 Å². The van der Waals surface area contributed by atoms with Crippen molar-refractivity contribution in [2.45, 2.75) is 16.2 Å². The summed E-state index contributed by atoms with van der Waals surface area (Å²) in [7, 11) is -3.29. The molecule has 0 unspecified atom stereocenters. The minimum Gasteiger partial charge on any atom is -0.360 e. The van der Waals surface area contributed by atoms with Crippen LogP contribution in [0.15, 0.2) is 33.5 Å². The predicted octanol–water partition coefficient (Wildman–Crippen LogP) is 3.19. The number of hydrogen-bond donors (Lipinski definition) is 1. The first-order valence-electron chi connectivity index (χ1n) is 6.20. The second-order valence-corrected chi connectivity index (χ2v) is 8.89. The van der Waals surface area contributed by atoms with Gasteiger partial charge in [-0.1, -0.05) is 34.7 Å². The first-order valence-corrected chi connectivity index (χ1v) is 10.0. The fourth-order valence-corrected chi connectivity index (χ4v) is 5.15. The summed E-state index contributed by atoms with van der Waals surface area (Å²) in [6.45, 7) is 2.76. The summed E-state index contributed by atoms with van der Waals surface area (Å²) in [5.74, 6) is 0.487. The van der Waals surface area contributed by atoms with Gasteiger partial charge < -0.3 is 5.32 Å². The average molecular weight is 364 g/mol. The van der Waals surface area contributed by atoms with E-state index >= 15 is 0 Å². The molecule has 1 N–H and O–H groups in total. The maximum atomic E-state index is 12.1. The molecule has 114 valence electrons. The minimum absolute atomic E-state index is 0.0510. The summed E-state index contributed by atoms with van der Waals surface area (Å²) in [4.78, 5) is 0.290. The van der Waals surface area contributed by atoms with Crippen LogP contribution in [0.2, 0.25) is 5.02 Å². The molecule has 0 bridgehead atoms. The largest absolute Gasteiger partial charge is 0.360 e. The fraction of sp³-hybridized carbons (Fsp3) is 0.333. The van der Waals surface area contributed by atoms with Crippen LogP contribution in [0.1, 0.15) is 6.92 Å². The van der Waals surface area contributed by atoms with Gasteiger partial charge in [-0.15, -0.1) is 10.2 Å². The summed E-state index contributed by atoms with van der Waals surface area (Å²) >= 11 is 8.57. The second-order valence-electron chi connectivity index (χ2n) is 4.02. The molecule has 0 aliphatic heterocycles. The van der Waals surface area contributed by atoms with Crippen molar-refractivity contribution in [2.75, 3.05) is 23.4 Å². The van der Waals surface area contributed by atoms with Gasteiger partial charge in [0.05, 0.1) is 10.6 Å². The Kier molecular flexibility index (Phi) is 5.86. The van der Waals surface area contributed by atoms with Crippen LogP contribution in [0, 0.1) is 0 Å². The lowest BCUT2D eigenvalue weighted by Crippen LogP contribution is -2.08. The summed E-state index contributed by atoms with van der Waals surface area (Å²) in [5, 5.41) is 12.3. The Morgan fingerprint density at radius 2 is 2.00 bits per heavy atom. The van der Waals surface area contributed by atoms with E-state index in [2.05, 4.69) is 15.5 Å². The molecule has 21 heavy (non-hydrogen) atoms. The molecule has 9 heteroatoms. The van der Waals surface area contributed by atoms with E-state index in [0.717, 1.165) is 16.0 Å². The number of nitrogens with one attached hydrogen (secondary N) is 1. The fourth-order valence-electron chi connectivity index (χ4n) is 1.49. The lowest BCUT2D eigenvalue weighted by Gasteiger charge is -2.03. The molecule has 5 nitrogen and oxygen atoms in total. The average Bonchev–Trinajstić information content (AvgIpc) is 2.87. The highest BCUT2D eigenvalue weighted by Gasteiger charge is 2.15. The van der Waals surface area contributed by atoms with Crippen molar-refractivity contribution in [1.82, 2.24) is 10.2 Å². The highest BCUT2D eigenvalue weighted by molar-refractivity contribution is 8.02. The van der Waals surface area contributed by atoms with Crippen molar-refractivity contribution < 1.29 is 8.42 Å². The van der Waals surface area contributed by atoms with Crippen molar-refractivity contribution in [2.24, 2.45) is 0 Å². The van der Waals surface area contributed by atoms with E-state index in [1.54, 1.807) is 12.1 Å². The topological polar surface area (TPSA) is 72.0 Å². The molecule has 0 aliphatic rings. The summed E-state index contributed by atoms with van der Waals surface area (Å²) in [6.07, 6.45) is 0. The molecule has 1 aromatic heterocycles. The standard InChI is InChI=1S/C12H14ClN3O2S3/c1-2-14-11-15-16-12(20-11)19-7-8-21(17,18)10-5-3-9(13)4-6-10/h3-6H,2,7-8H2,1H3,(H,14,15). The number of aromatic nitrogens is 2. The maximum Gasteiger partial charge on any atom is 0.206 e. The number of rotatable bonds is 7. The summed E-state index contributed by atoms with van der Waals surface area (Å²) in [6, 6.07) is 6.21. The normalized spacial score (nSPS) is 11.5. The zero-order valence-electron chi connectivity index (χ0n) is 11.2. The van der Waals surface area contributed by atoms with E-state index in [1.165, 1.54) is 35.2 Å². The summed E-state index contributed by atoms with van der Waals surface area (Å²) in [5.41, 5.74) is 0. The van der Waals surface area contributed by atoms with Gasteiger partial charge in [-0.3, -0.25) is 0 Å².